The Hall–Kier alpha value is -2.63. The Bertz CT molecular complexity index is 891. The Balaban J connectivity index is 2.08. The maximum Gasteiger partial charge on any atom is 0.276 e. The van der Waals surface area contributed by atoms with Crippen molar-refractivity contribution in [3.05, 3.63) is 57.5 Å². The molecule has 0 aromatic carbocycles. The van der Waals surface area contributed by atoms with Crippen LogP contribution in [-0.4, -0.2) is 19.2 Å². The van der Waals surface area contributed by atoms with Gasteiger partial charge in [-0.15, -0.1) is 0 Å². The highest BCUT2D eigenvalue weighted by Gasteiger charge is 2.10. The fraction of sp³-hybridized carbons (Fsp3) is 0.267. The smallest absolute Gasteiger partial charge is 0.276 e. The Morgan fingerprint density at radius 2 is 2.00 bits per heavy atom. The van der Waals surface area contributed by atoms with Crippen molar-refractivity contribution in [1.29, 1.82) is 0 Å². The van der Waals surface area contributed by atoms with Crippen molar-refractivity contribution in [2.45, 2.75) is 27.3 Å². The van der Waals surface area contributed by atoms with E-state index in [0.717, 1.165) is 28.2 Å². The summed E-state index contributed by atoms with van der Waals surface area (Å²) in [6.07, 6.45) is 5.24. The highest BCUT2D eigenvalue weighted by atomic mass is 16.1. The summed E-state index contributed by atoms with van der Waals surface area (Å²) in [4.78, 5) is 16.9. The van der Waals surface area contributed by atoms with Crippen LogP contribution >= 0.6 is 0 Å². The molecule has 0 atom stereocenters. The quantitative estimate of drug-likeness (QED) is 0.772. The summed E-state index contributed by atoms with van der Waals surface area (Å²) in [6.45, 7) is 6.11. The monoisotopic (exact) mass is 283 g/mol. The molecule has 0 aliphatic heterocycles. The normalized spacial score (nSPS) is 11.2. The van der Waals surface area contributed by atoms with E-state index in [1.165, 1.54) is 0 Å². The van der Waals surface area contributed by atoms with E-state index in [1.807, 2.05) is 20.8 Å². The third kappa shape index (κ3) is 2.18. The lowest BCUT2D eigenvalue weighted by Crippen LogP contribution is -2.22. The van der Waals surface area contributed by atoms with Gasteiger partial charge in [-0.2, -0.15) is 5.10 Å². The zero-order valence-corrected chi connectivity index (χ0v) is 12.3. The molecule has 0 unspecified atom stereocenters. The third-order valence-electron chi connectivity index (χ3n) is 3.72. The minimum absolute atomic E-state index is 0.0848. The second-order valence-corrected chi connectivity index (χ2v) is 5.27. The summed E-state index contributed by atoms with van der Waals surface area (Å²) < 4.78 is 3.22. The molecule has 0 spiro atoms. The minimum Gasteiger partial charge on any atom is -0.398 e. The summed E-state index contributed by atoms with van der Waals surface area (Å²) in [6, 6.07) is 1.78. The van der Waals surface area contributed by atoms with Crippen molar-refractivity contribution in [3.63, 3.8) is 0 Å². The standard InChI is InChI=1S/C15H17N5O/c1-9-7-17-12(11(3)14(9)16)8-19-4-5-20-13(15(19)21)6-10(2)18-20/h4-7H,8H2,1-3H3,(H2,16,17). The van der Waals surface area contributed by atoms with Gasteiger partial charge in [-0.1, -0.05) is 0 Å². The van der Waals surface area contributed by atoms with Gasteiger partial charge in [0.2, 0.25) is 0 Å². The number of nitrogens with zero attached hydrogens (tertiary/aromatic N) is 4. The number of aryl methyl sites for hydroxylation is 2. The summed E-state index contributed by atoms with van der Waals surface area (Å²) in [5.41, 5.74) is 10.7. The summed E-state index contributed by atoms with van der Waals surface area (Å²) in [7, 11) is 0. The van der Waals surface area contributed by atoms with Crippen molar-refractivity contribution in [3.8, 4) is 0 Å². The topological polar surface area (TPSA) is 78.2 Å². The first-order chi connectivity index (χ1) is 9.97. The summed E-state index contributed by atoms with van der Waals surface area (Å²) >= 11 is 0. The molecule has 0 amide bonds. The minimum atomic E-state index is -0.0848. The molecule has 108 valence electrons. The molecule has 0 aliphatic rings. The Morgan fingerprint density at radius 3 is 2.76 bits per heavy atom. The maximum atomic E-state index is 12.5. The van der Waals surface area contributed by atoms with Gasteiger partial charge in [-0.3, -0.25) is 9.78 Å². The van der Waals surface area contributed by atoms with Crippen LogP contribution < -0.4 is 11.3 Å². The van der Waals surface area contributed by atoms with Gasteiger partial charge in [0.05, 0.1) is 17.9 Å². The molecule has 3 aromatic rings. The van der Waals surface area contributed by atoms with Crippen molar-refractivity contribution in [1.82, 2.24) is 19.2 Å². The van der Waals surface area contributed by atoms with Gasteiger partial charge < -0.3 is 10.3 Å². The third-order valence-corrected chi connectivity index (χ3v) is 3.72. The molecule has 3 aromatic heterocycles. The van der Waals surface area contributed by atoms with Crippen molar-refractivity contribution in [2.75, 3.05) is 5.73 Å². The number of fused-ring (bicyclic) bond motifs is 1. The highest BCUT2D eigenvalue weighted by molar-refractivity contribution is 5.53. The van der Waals surface area contributed by atoms with Crippen LogP contribution in [0, 0.1) is 20.8 Å². The number of nitrogens with two attached hydrogens (primary N) is 1. The van der Waals surface area contributed by atoms with Crippen LogP contribution in [0.3, 0.4) is 0 Å². The van der Waals surface area contributed by atoms with Crippen LogP contribution in [0.1, 0.15) is 22.5 Å². The van der Waals surface area contributed by atoms with Crippen LogP contribution in [0.4, 0.5) is 5.69 Å². The SMILES string of the molecule is Cc1cc2c(=O)n(Cc3ncc(C)c(N)c3C)ccn2n1. The summed E-state index contributed by atoms with van der Waals surface area (Å²) in [5.74, 6) is 0. The van der Waals surface area contributed by atoms with Crippen LogP contribution in [0.2, 0.25) is 0 Å². The van der Waals surface area contributed by atoms with Gasteiger partial charge in [-0.05, 0) is 38.0 Å². The molecule has 21 heavy (non-hydrogen) atoms. The van der Waals surface area contributed by atoms with Gasteiger partial charge in [0, 0.05) is 24.3 Å². The predicted octanol–water partition coefficient (Wildman–Crippen LogP) is 1.45. The second-order valence-electron chi connectivity index (χ2n) is 5.27. The van der Waals surface area contributed by atoms with E-state index in [0.29, 0.717) is 12.1 Å². The molecule has 0 saturated heterocycles. The average Bonchev–Trinajstić information content (AvgIpc) is 2.84. The van der Waals surface area contributed by atoms with Crippen LogP contribution in [0.25, 0.3) is 5.52 Å². The second kappa shape index (κ2) is 4.73. The van der Waals surface area contributed by atoms with Gasteiger partial charge in [0.15, 0.2) is 0 Å². The van der Waals surface area contributed by atoms with E-state index in [2.05, 4.69) is 10.1 Å². The van der Waals surface area contributed by atoms with Gasteiger partial charge >= 0.3 is 0 Å². The Kier molecular flexibility index (Phi) is 3.01. The molecule has 6 heteroatoms. The molecule has 2 N–H and O–H groups in total. The first-order valence-electron chi connectivity index (χ1n) is 6.73. The van der Waals surface area contributed by atoms with E-state index in [4.69, 9.17) is 5.73 Å². The maximum absolute atomic E-state index is 12.5. The molecule has 3 rings (SSSR count). The van der Waals surface area contributed by atoms with Crippen molar-refractivity contribution >= 4 is 11.2 Å². The highest BCUT2D eigenvalue weighted by Crippen LogP contribution is 2.18. The first kappa shape index (κ1) is 13.4. The van der Waals surface area contributed by atoms with Crippen LogP contribution in [-0.2, 0) is 6.54 Å². The number of hydrogen-bond acceptors (Lipinski definition) is 4. The lowest BCUT2D eigenvalue weighted by atomic mass is 10.1. The Labute approximate surface area is 121 Å². The number of pyridine rings is 1. The van der Waals surface area contributed by atoms with E-state index in [1.54, 1.807) is 33.7 Å². The van der Waals surface area contributed by atoms with E-state index in [9.17, 15) is 4.79 Å². The molecular formula is C15H17N5O. The fourth-order valence-electron chi connectivity index (χ4n) is 2.39. The molecule has 0 saturated carbocycles. The van der Waals surface area contributed by atoms with Gasteiger partial charge in [0.1, 0.15) is 5.52 Å². The number of aromatic nitrogens is 4. The Morgan fingerprint density at radius 1 is 1.24 bits per heavy atom. The molecule has 0 bridgehead atoms. The fourth-order valence-corrected chi connectivity index (χ4v) is 2.39. The zero-order valence-electron chi connectivity index (χ0n) is 12.3. The first-order valence-corrected chi connectivity index (χ1v) is 6.73. The number of rotatable bonds is 2. The average molecular weight is 283 g/mol. The van der Waals surface area contributed by atoms with Crippen LogP contribution in [0.15, 0.2) is 29.5 Å². The number of anilines is 1. The zero-order chi connectivity index (χ0) is 15.1. The number of hydrogen-bond donors (Lipinski definition) is 1. The molecule has 0 fully saturated rings. The van der Waals surface area contributed by atoms with Crippen LogP contribution in [0.5, 0.6) is 0 Å². The van der Waals surface area contributed by atoms with Gasteiger partial charge in [0.25, 0.3) is 5.56 Å². The molecular weight excluding hydrogens is 266 g/mol. The molecule has 0 radical (unpaired) electrons. The molecule has 3 heterocycles. The predicted molar refractivity (Wildman–Crippen MR) is 81.4 cm³/mol. The summed E-state index contributed by atoms with van der Waals surface area (Å²) in [5, 5.41) is 4.23. The van der Waals surface area contributed by atoms with Crippen molar-refractivity contribution in [2.24, 2.45) is 0 Å². The van der Waals surface area contributed by atoms with E-state index >= 15 is 0 Å². The van der Waals surface area contributed by atoms with E-state index < -0.39 is 0 Å². The molecule has 0 aliphatic carbocycles. The van der Waals surface area contributed by atoms with Gasteiger partial charge in [-0.25, -0.2) is 4.52 Å². The van der Waals surface area contributed by atoms with Crippen molar-refractivity contribution < 1.29 is 0 Å². The largest absolute Gasteiger partial charge is 0.398 e. The number of nitrogen functional groups attached to an aromatic ring is 1. The lowest BCUT2D eigenvalue weighted by molar-refractivity contribution is 0.721. The van der Waals surface area contributed by atoms with E-state index in [-0.39, 0.29) is 5.56 Å². The molecule has 6 nitrogen and oxygen atoms in total. The lowest BCUT2D eigenvalue weighted by Gasteiger charge is -2.11.